The van der Waals surface area contributed by atoms with Gasteiger partial charge in [-0.2, -0.15) is 0 Å². The minimum Gasteiger partial charge on any atom is -0.490 e. The van der Waals surface area contributed by atoms with Crippen molar-refractivity contribution in [2.24, 2.45) is 0 Å². The first-order valence-electron chi connectivity index (χ1n) is 7.24. The Morgan fingerprint density at radius 1 is 1.24 bits per heavy atom. The van der Waals surface area contributed by atoms with Crippen LogP contribution in [0.4, 0.5) is 10.2 Å². The van der Waals surface area contributed by atoms with Gasteiger partial charge in [-0.25, -0.2) is 9.37 Å². The van der Waals surface area contributed by atoms with E-state index in [1.165, 1.54) is 0 Å². The Morgan fingerprint density at radius 2 is 2.05 bits per heavy atom. The maximum Gasteiger partial charge on any atom is 0.128 e. The number of para-hydroxylation sites is 1. The standard InChI is InChI=1S/C17H18FN2O/c18-13-14-5-1-2-6-16(14)21-15-8-11-20(12-9-15)17-7-3-4-10-19-17/h1-3,5-7,10,15H,8-9,11-13H2. The van der Waals surface area contributed by atoms with E-state index in [1.54, 1.807) is 12.3 Å². The number of benzene rings is 1. The zero-order valence-corrected chi connectivity index (χ0v) is 11.8. The number of rotatable bonds is 4. The normalized spacial score (nSPS) is 16.0. The Labute approximate surface area is 124 Å². The van der Waals surface area contributed by atoms with E-state index in [2.05, 4.69) is 16.0 Å². The average Bonchev–Trinajstić information content (AvgIpc) is 2.57. The fourth-order valence-corrected chi connectivity index (χ4v) is 2.61. The van der Waals surface area contributed by atoms with Gasteiger partial charge in [0.15, 0.2) is 0 Å². The largest absolute Gasteiger partial charge is 0.490 e. The number of nitrogens with zero attached hydrogens (tertiary/aromatic N) is 2. The number of hydrogen-bond donors (Lipinski definition) is 0. The van der Waals surface area contributed by atoms with Gasteiger partial charge in [0.25, 0.3) is 0 Å². The molecule has 0 unspecified atom stereocenters. The second-order valence-corrected chi connectivity index (χ2v) is 5.16. The Morgan fingerprint density at radius 3 is 2.76 bits per heavy atom. The first-order chi connectivity index (χ1) is 10.4. The molecular formula is C17H18FN2O. The molecule has 0 amide bonds. The molecule has 1 aromatic carbocycles. The van der Waals surface area contributed by atoms with E-state index >= 15 is 0 Å². The summed E-state index contributed by atoms with van der Waals surface area (Å²) in [5.74, 6) is 1.65. The molecule has 2 heterocycles. The van der Waals surface area contributed by atoms with Crippen LogP contribution < -0.4 is 9.64 Å². The van der Waals surface area contributed by atoms with E-state index in [9.17, 15) is 4.39 Å². The lowest BCUT2D eigenvalue weighted by Crippen LogP contribution is -2.38. The van der Waals surface area contributed by atoms with E-state index < -0.39 is 6.67 Å². The summed E-state index contributed by atoms with van der Waals surface area (Å²) in [6, 6.07) is 14.1. The topological polar surface area (TPSA) is 25.4 Å². The van der Waals surface area contributed by atoms with E-state index in [1.807, 2.05) is 30.3 Å². The average molecular weight is 285 g/mol. The third-order valence-electron chi connectivity index (χ3n) is 3.78. The fraction of sp³-hybridized carbons (Fsp3) is 0.353. The molecule has 0 saturated carbocycles. The van der Waals surface area contributed by atoms with Gasteiger partial charge in [0.05, 0.1) is 0 Å². The SMILES string of the molecule is FCc1ccccc1OC1CCN(c2cc[c]cn2)CC1. The van der Waals surface area contributed by atoms with Crippen molar-refractivity contribution in [3.8, 4) is 5.75 Å². The van der Waals surface area contributed by atoms with Crippen LogP contribution >= 0.6 is 0 Å². The molecule has 2 aromatic rings. The smallest absolute Gasteiger partial charge is 0.128 e. The number of pyridine rings is 1. The first-order valence-corrected chi connectivity index (χ1v) is 7.24. The number of piperidine rings is 1. The van der Waals surface area contributed by atoms with Gasteiger partial charge in [-0.15, -0.1) is 0 Å². The molecule has 1 aliphatic heterocycles. The second kappa shape index (κ2) is 6.57. The molecule has 0 aliphatic carbocycles. The van der Waals surface area contributed by atoms with Crippen LogP contribution in [0.3, 0.4) is 0 Å². The van der Waals surface area contributed by atoms with Crippen LogP contribution in [0.15, 0.2) is 42.6 Å². The van der Waals surface area contributed by atoms with Crippen molar-refractivity contribution in [2.45, 2.75) is 25.6 Å². The van der Waals surface area contributed by atoms with Gasteiger partial charge in [0.1, 0.15) is 24.3 Å². The van der Waals surface area contributed by atoms with Gasteiger partial charge in [0.2, 0.25) is 0 Å². The molecular weight excluding hydrogens is 267 g/mol. The quantitative estimate of drug-likeness (QED) is 0.861. The highest BCUT2D eigenvalue weighted by Gasteiger charge is 2.21. The monoisotopic (exact) mass is 285 g/mol. The molecule has 0 N–H and O–H groups in total. The third-order valence-corrected chi connectivity index (χ3v) is 3.78. The summed E-state index contributed by atoms with van der Waals surface area (Å²) in [6.45, 7) is 1.32. The lowest BCUT2D eigenvalue weighted by molar-refractivity contribution is 0.168. The highest BCUT2D eigenvalue weighted by molar-refractivity contribution is 5.38. The summed E-state index contributed by atoms with van der Waals surface area (Å²) in [5, 5.41) is 0. The summed E-state index contributed by atoms with van der Waals surface area (Å²) >= 11 is 0. The minimum atomic E-state index is -0.487. The van der Waals surface area contributed by atoms with Crippen molar-refractivity contribution in [1.82, 2.24) is 4.98 Å². The highest BCUT2D eigenvalue weighted by Crippen LogP contribution is 2.25. The van der Waals surface area contributed by atoms with Crippen LogP contribution in [0.5, 0.6) is 5.75 Å². The van der Waals surface area contributed by atoms with Crippen molar-refractivity contribution in [3.63, 3.8) is 0 Å². The zero-order chi connectivity index (χ0) is 14.5. The summed E-state index contributed by atoms with van der Waals surface area (Å²) in [6.07, 6.45) is 3.67. The molecule has 3 rings (SSSR count). The number of ether oxygens (including phenoxy) is 1. The predicted octanol–water partition coefficient (Wildman–Crippen LogP) is 3.40. The molecule has 0 bridgehead atoms. The van der Waals surface area contributed by atoms with E-state index in [0.29, 0.717) is 11.3 Å². The molecule has 1 saturated heterocycles. The first kappa shape index (κ1) is 13.9. The van der Waals surface area contributed by atoms with Crippen molar-refractivity contribution >= 4 is 5.82 Å². The van der Waals surface area contributed by atoms with Crippen LogP contribution in [-0.4, -0.2) is 24.2 Å². The van der Waals surface area contributed by atoms with Crippen LogP contribution in [0.1, 0.15) is 18.4 Å². The zero-order valence-electron chi connectivity index (χ0n) is 11.8. The second-order valence-electron chi connectivity index (χ2n) is 5.16. The molecule has 109 valence electrons. The number of aromatic nitrogens is 1. The van der Waals surface area contributed by atoms with Gasteiger partial charge in [0, 0.05) is 43.8 Å². The Balaban J connectivity index is 1.59. The highest BCUT2D eigenvalue weighted by atomic mass is 19.1. The maximum atomic E-state index is 12.9. The molecule has 21 heavy (non-hydrogen) atoms. The van der Waals surface area contributed by atoms with Crippen LogP contribution in [0.2, 0.25) is 0 Å². The number of hydrogen-bond acceptors (Lipinski definition) is 3. The lowest BCUT2D eigenvalue weighted by atomic mass is 10.1. The van der Waals surface area contributed by atoms with Crippen molar-refractivity contribution in [1.29, 1.82) is 0 Å². The Bertz CT molecular complexity index is 568. The van der Waals surface area contributed by atoms with Gasteiger partial charge in [-0.05, 0) is 18.2 Å². The molecule has 3 nitrogen and oxygen atoms in total. The molecule has 1 radical (unpaired) electrons. The molecule has 1 aromatic heterocycles. The molecule has 4 heteroatoms. The fourth-order valence-electron chi connectivity index (χ4n) is 2.61. The van der Waals surface area contributed by atoms with Crippen molar-refractivity contribution < 1.29 is 9.13 Å². The summed E-state index contributed by atoms with van der Waals surface area (Å²) < 4.78 is 18.9. The molecule has 1 fully saturated rings. The predicted molar refractivity (Wildman–Crippen MR) is 80.2 cm³/mol. The molecule has 0 atom stereocenters. The van der Waals surface area contributed by atoms with Crippen LogP contribution in [-0.2, 0) is 6.67 Å². The van der Waals surface area contributed by atoms with Crippen LogP contribution in [0, 0.1) is 6.07 Å². The number of alkyl halides is 1. The number of halogens is 1. The maximum absolute atomic E-state index is 12.9. The van der Waals surface area contributed by atoms with Gasteiger partial charge in [-0.3, -0.25) is 0 Å². The summed E-state index contributed by atoms with van der Waals surface area (Å²) in [5.41, 5.74) is 0.625. The van der Waals surface area contributed by atoms with Crippen LogP contribution in [0.25, 0.3) is 0 Å². The Hall–Kier alpha value is -2.10. The van der Waals surface area contributed by atoms with Crippen molar-refractivity contribution in [3.05, 3.63) is 54.2 Å². The van der Waals surface area contributed by atoms with Gasteiger partial charge in [-0.1, -0.05) is 18.2 Å². The number of anilines is 1. The van der Waals surface area contributed by atoms with E-state index in [-0.39, 0.29) is 6.10 Å². The Kier molecular flexibility index (Phi) is 4.34. The molecule has 1 aliphatic rings. The minimum absolute atomic E-state index is 0.143. The van der Waals surface area contributed by atoms with Gasteiger partial charge < -0.3 is 9.64 Å². The lowest BCUT2D eigenvalue weighted by Gasteiger charge is -2.33. The van der Waals surface area contributed by atoms with E-state index in [0.717, 1.165) is 31.7 Å². The summed E-state index contributed by atoms with van der Waals surface area (Å²) in [7, 11) is 0. The summed E-state index contributed by atoms with van der Waals surface area (Å²) in [4.78, 5) is 6.56. The van der Waals surface area contributed by atoms with Crippen molar-refractivity contribution in [2.75, 3.05) is 18.0 Å². The molecule has 0 spiro atoms. The third kappa shape index (κ3) is 3.32. The van der Waals surface area contributed by atoms with E-state index in [4.69, 9.17) is 4.74 Å². The van der Waals surface area contributed by atoms with Gasteiger partial charge >= 0.3 is 0 Å².